The van der Waals surface area contributed by atoms with Crippen molar-refractivity contribution in [2.45, 2.75) is 43.8 Å². The Morgan fingerprint density at radius 3 is 2.60 bits per heavy atom. The number of hydrogen-bond donors (Lipinski definition) is 4. The zero-order valence-corrected chi connectivity index (χ0v) is 23.5. The molecule has 5 atom stereocenters. The van der Waals surface area contributed by atoms with Gasteiger partial charge in [0.05, 0.1) is 19.3 Å². The van der Waals surface area contributed by atoms with Crippen molar-refractivity contribution in [3.8, 4) is 6.07 Å². The fourth-order valence-electron chi connectivity index (χ4n) is 5.14. The average molecular weight is 578 g/mol. The molecule has 5 rings (SSSR count). The molecule has 1 aromatic heterocycles. The lowest BCUT2D eigenvalue weighted by Gasteiger charge is -2.39. The number of aliphatic hydroxyl groups is 3. The highest BCUT2D eigenvalue weighted by Gasteiger charge is 2.44. The first kappa shape index (κ1) is 29.6. The number of benzene rings is 2. The summed E-state index contributed by atoms with van der Waals surface area (Å²) in [4.78, 5) is 17.5. The lowest BCUT2D eigenvalue weighted by molar-refractivity contribution is -0.292. The van der Waals surface area contributed by atoms with Gasteiger partial charge >= 0.3 is 0 Å². The summed E-state index contributed by atoms with van der Waals surface area (Å²) in [5.74, 6) is -0.552. The van der Waals surface area contributed by atoms with Crippen LogP contribution >= 0.6 is 0 Å². The van der Waals surface area contributed by atoms with E-state index in [2.05, 4.69) is 50.7 Å². The molecule has 0 spiro atoms. The monoisotopic (exact) mass is 577 g/mol. The van der Waals surface area contributed by atoms with E-state index in [1.54, 1.807) is 12.3 Å². The Kier molecular flexibility index (Phi) is 9.12. The van der Waals surface area contributed by atoms with Crippen LogP contribution in [0.3, 0.4) is 0 Å². The van der Waals surface area contributed by atoms with Crippen LogP contribution in [-0.4, -0.2) is 112 Å². The standard InChI is InChI=1S/C29H35N7O6/c1-34-7-9-35(10-8-34)23-6-5-19-11-18(3-4-20(19)13-23)12-21(14-30)28(40)31-15-22-16-36(33-32-22)17-24-25(37)26(38)27(39)29(41-2)42-24/h3-6,11-13,16,24-27,29,37-39H,7-10,15,17H2,1-2H3,(H,31,40). The van der Waals surface area contributed by atoms with Crippen LogP contribution in [0, 0.1) is 11.3 Å². The van der Waals surface area contributed by atoms with Crippen molar-refractivity contribution >= 4 is 28.4 Å². The van der Waals surface area contributed by atoms with Crippen molar-refractivity contribution < 1.29 is 29.6 Å². The number of carbonyl (C=O) groups excluding carboxylic acids is 1. The molecule has 2 fully saturated rings. The molecule has 5 unspecified atom stereocenters. The van der Waals surface area contributed by atoms with Crippen LogP contribution in [0.2, 0.25) is 0 Å². The van der Waals surface area contributed by atoms with Gasteiger partial charge in [-0.3, -0.25) is 4.79 Å². The van der Waals surface area contributed by atoms with Gasteiger partial charge in [-0.2, -0.15) is 5.26 Å². The number of fused-ring (bicyclic) bond motifs is 1. The zero-order valence-electron chi connectivity index (χ0n) is 23.5. The first-order valence-electron chi connectivity index (χ1n) is 13.7. The van der Waals surface area contributed by atoms with E-state index in [1.807, 2.05) is 24.3 Å². The van der Waals surface area contributed by atoms with Gasteiger partial charge in [0.15, 0.2) is 6.29 Å². The number of likely N-dealkylation sites (N-methyl/N-ethyl adjacent to an activating group) is 1. The predicted octanol–water partition coefficient (Wildman–Crippen LogP) is -0.140. The predicted molar refractivity (Wildman–Crippen MR) is 153 cm³/mol. The second kappa shape index (κ2) is 13.0. The number of carbonyl (C=O) groups is 1. The number of rotatable bonds is 8. The van der Waals surface area contributed by atoms with Crippen LogP contribution in [-0.2, 0) is 27.4 Å². The molecule has 0 aliphatic carbocycles. The molecule has 13 heteroatoms. The number of nitrogens with one attached hydrogen (secondary N) is 1. The number of nitrogens with zero attached hydrogens (tertiary/aromatic N) is 6. The normalized spacial score (nSPS) is 25.4. The second-order valence-corrected chi connectivity index (χ2v) is 10.6. The van der Waals surface area contributed by atoms with Gasteiger partial charge in [-0.15, -0.1) is 5.10 Å². The molecular weight excluding hydrogens is 542 g/mol. The quantitative estimate of drug-likeness (QED) is 0.208. The maximum atomic E-state index is 12.8. The van der Waals surface area contributed by atoms with E-state index in [9.17, 15) is 25.4 Å². The fourth-order valence-corrected chi connectivity index (χ4v) is 5.14. The van der Waals surface area contributed by atoms with Crippen LogP contribution in [0.1, 0.15) is 11.3 Å². The average Bonchev–Trinajstić information content (AvgIpc) is 3.46. The number of ether oxygens (including phenoxy) is 2. The minimum Gasteiger partial charge on any atom is -0.388 e. The van der Waals surface area contributed by atoms with Gasteiger partial charge in [-0.25, -0.2) is 4.68 Å². The number of aromatic nitrogens is 3. The van der Waals surface area contributed by atoms with Crippen LogP contribution in [0.5, 0.6) is 0 Å². The molecular formula is C29H35N7O6. The molecule has 3 heterocycles. The molecule has 2 aliphatic heterocycles. The summed E-state index contributed by atoms with van der Waals surface area (Å²) < 4.78 is 11.9. The Hall–Kier alpha value is -3.90. The van der Waals surface area contributed by atoms with Crippen molar-refractivity contribution in [2.24, 2.45) is 0 Å². The number of piperazine rings is 1. The Morgan fingerprint density at radius 1 is 1.12 bits per heavy atom. The molecule has 2 saturated heterocycles. The number of hydrogen-bond acceptors (Lipinski definition) is 11. The molecule has 2 aromatic carbocycles. The summed E-state index contributed by atoms with van der Waals surface area (Å²) in [6, 6.07) is 14.1. The van der Waals surface area contributed by atoms with Crippen LogP contribution < -0.4 is 10.2 Å². The number of nitriles is 1. The van der Waals surface area contributed by atoms with Crippen LogP contribution in [0.15, 0.2) is 48.2 Å². The third-order valence-electron chi connectivity index (χ3n) is 7.68. The van der Waals surface area contributed by atoms with Crippen LogP contribution in [0.25, 0.3) is 16.8 Å². The minimum atomic E-state index is -1.45. The summed E-state index contributed by atoms with van der Waals surface area (Å²) in [7, 11) is 3.45. The maximum Gasteiger partial charge on any atom is 0.262 e. The topological polar surface area (TPSA) is 169 Å². The molecule has 13 nitrogen and oxygen atoms in total. The summed E-state index contributed by atoms with van der Waals surface area (Å²) in [6.45, 7) is 4.08. The molecule has 3 aromatic rings. The van der Waals surface area contributed by atoms with Crippen LogP contribution in [0.4, 0.5) is 5.69 Å². The van der Waals surface area contributed by atoms with Gasteiger partial charge in [0.1, 0.15) is 41.8 Å². The third kappa shape index (κ3) is 6.60. The highest BCUT2D eigenvalue weighted by Crippen LogP contribution is 2.25. The number of amides is 1. The Bertz CT molecular complexity index is 1480. The molecule has 222 valence electrons. The number of methoxy groups -OCH3 is 1. The van der Waals surface area contributed by atoms with E-state index >= 15 is 0 Å². The van der Waals surface area contributed by atoms with Crippen molar-refractivity contribution in [2.75, 3.05) is 45.2 Å². The Morgan fingerprint density at radius 2 is 1.86 bits per heavy atom. The summed E-state index contributed by atoms with van der Waals surface area (Å²) in [6.07, 6.45) is -3.12. The van der Waals surface area contributed by atoms with Gasteiger partial charge in [-0.1, -0.05) is 23.4 Å². The van der Waals surface area contributed by atoms with Gasteiger partial charge in [0, 0.05) is 39.0 Å². The van der Waals surface area contributed by atoms with Crippen molar-refractivity contribution in [3.05, 3.63) is 59.4 Å². The van der Waals surface area contributed by atoms with Gasteiger partial charge in [-0.05, 0) is 47.7 Å². The minimum absolute atomic E-state index is 0.0146. The Labute approximate surface area is 243 Å². The highest BCUT2D eigenvalue weighted by molar-refractivity contribution is 6.02. The first-order chi connectivity index (χ1) is 20.2. The molecule has 4 N–H and O–H groups in total. The van der Waals surface area contributed by atoms with Gasteiger partial charge in [0.2, 0.25) is 0 Å². The molecule has 0 radical (unpaired) electrons. The molecule has 1 amide bonds. The van der Waals surface area contributed by atoms with Crippen molar-refractivity contribution in [1.82, 2.24) is 25.2 Å². The molecule has 42 heavy (non-hydrogen) atoms. The summed E-state index contributed by atoms with van der Waals surface area (Å²) >= 11 is 0. The number of anilines is 1. The van der Waals surface area contributed by atoms with Crippen molar-refractivity contribution in [1.29, 1.82) is 5.26 Å². The molecule has 2 aliphatic rings. The largest absolute Gasteiger partial charge is 0.388 e. The molecule has 0 bridgehead atoms. The first-order valence-corrected chi connectivity index (χ1v) is 13.7. The summed E-state index contributed by atoms with van der Waals surface area (Å²) in [5.41, 5.74) is 2.29. The smallest absolute Gasteiger partial charge is 0.262 e. The third-order valence-corrected chi connectivity index (χ3v) is 7.68. The van der Waals surface area contributed by atoms with E-state index in [0.717, 1.165) is 42.5 Å². The van der Waals surface area contributed by atoms with Crippen molar-refractivity contribution in [3.63, 3.8) is 0 Å². The van der Waals surface area contributed by atoms with Gasteiger partial charge in [0.25, 0.3) is 5.91 Å². The van der Waals surface area contributed by atoms with E-state index in [-0.39, 0.29) is 18.7 Å². The lowest BCUT2D eigenvalue weighted by Crippen LogP contribution is -2.58. The number of aliphatic hydroxyl groups excluding tert-OH is 3. The lowest BCUT2D eigenvalue weighted by atomic mass is 9.99. The van der Waals surface area contributed by atoms with E-state index in [0.29, 0.717) is 5.69 Å². The Balaban J connectivity index is 1.19. The molecule has 0 saturated carbocycles. The van der Waals surface area contributed by atoms with Gasteiger partial charge < -0.3 is 39.9 Å². The van der Waals surface area contributed by atoms with E-state index in [4.69, 9.17) is 9.47 Å². The van der Waals surface area contributed by atoms with E-state index < -0.39 is 36.6 Å². The fraction of sp³-hybridized carbons (Fsp3) is 0.448. The van der Waals surface area contributed by atoms with E-state index in [1.165, 1.54) is 17.5 Å². The second-order valence-electron chi connectivity index (χ2n) is 10.6. The zero-order chi connectivity index (χ0) is 29.8. The highest BCUT2D eigenvalue weighted by atomic mass is 16.7. The maximum absolute atomic E-state index is 12.8. The summed E-state index contributed by atoms with van der Waals surface area (Å²) in [5, 5.41) is 52.7. The SMILES string of the molecule is COC1OC(Cn2cc(CNC(=O)C(C#N)=Cc3ccc4cc(N5CCN(C)CC5)ccc4c3)nn2)C(O)C(O)C1O.